The van der Waals surface area contributed by atoms with Gasteiger partial charge in [-0.25, -0.2) is 0 Å². The van der Waals surface area contributed by atoms with Crippen LogP contribution in [0.4, 0.5) is 0 Å². The van der Waals surface area contributed by atoms with Crippen molar-refractivity contribution in [2.24, 2.45) is 17.8 Å². The summed E-state index contributed by atoms with van der Waals surface area (Å²) in [5.74, 6) is 1.96. The maximum absolute atomic E-state index is 11.7. The maximum atomic E-state index is 11.7. The molecule has 0 heterocycles. The molecule has 1 fully saturated rings. The quantitative estimate of drug-likeness (QED) is 0.441. The first-order valence-electron chi connectivity index (χ1n) is 11.4. The van der Waals surface area contributed by atoms with E-state index in [0.29, 0.717) is 24.7 Å². The first kappa shape index (κ1) is 23.6. The van der Waals surface area contributed by atoms with Crippen molar-refractivity contribution in [3.05, 3.63) is 53.6 Å². The minimum Gasteiger partial charge on any atom is -0.497 e. The smallest absolute Gasteiger partial charge is 0.222 e. The van der Waals surface area contributed by atoms with Gasteiger partial charge in [0.15, 0.2) is 0 Å². The molecule has 3 rings (SSSR count). The number of aliphatic hydroxyl groups excluding tert-OH is 2. The van der Waals surface area contributed by atoms with Crippen LogP contribution in [-0.4, -0.2) is 54.4 Å². The number of carbonyl (C=O) groups is 1. The van der Waals surface area contributed by atoms with Gasteiger partial charge in [-0.1, -0.05) is 35.9 Å². The minimum absolute atomic E-state index is 0.0968. The van der Waals surface area contributed by atoms with E-state index in [1.54, 1.807) is 26.1 Å². The molecule has 0 bridgehead atoms. The van der Waals surface area contributed by atoms with Crippen LogP contribution in [-0.2, 0) is 11.2 Å². The van der Waals surface area contributed by atoms with Gasteiger partial charge in [0, 0.05) is 32.9 Å². The van der Waals surface area contributed by atoms with Crippen LogP contribution in [0.3, 0.4) is 0 Å². The lowest BCUT2D eigenvalue weighted by Crippen LogP contribution is -2.21. The molecular formula is C26H37NO4. The van der Waals surface area contributed by atoms with Gasteiger partial charge >= 0.3 is 0 Å². The number of methoxy groups -OCH3 is 1. The van der Waals surface area contributed by atoms with Crippen LogP contribution in [0, 0.1) is 17.8 Å². The number of rotatable bonds is 10. The van der Waals surface area contributed by atoms with Gasteiger partial charge in [0.25, 0.3) is 0 Å². The highest BCUT2D eigenvalue weighted by Gasteiger charge is 2.43. The number of amides is 1. The Morgan fingerprint density at radius 3 is 2.68 bits per heavy atom. The summed E-state index contributed by atoms with van der Waals surface area (Å²) in [7, 11) is 5.24. The second kappa shape index (κ2) is 11.0. The minimum atomic E-state index is -0.567. The molecule has 2 N–H and O–H groups in total. The van der Waals surface area contributed by atoms with Gasteiger partial charge in [-0.3, -0.25) is 4.79 Å². The summed E-state index contributed by atoms with van der Waals surface area (Å²) in [5.41, 5.74) is 2.52. The van der Waals surface area contributed by atoms with Crippen LogP contribution >= 0.6 is 0 Å². The lowest BCUT2D eigenvalue weighted by Gasteiger charge is -2.19. The Labute approximate surface area is 186 Å². The molecule has 31 heavy (non-hydrogen) atoms. The average Bonchev–Trinajstić information content (AvgIpc) is 3.26. The standard InChI is InChI=1S/C26H37NO4/c1-27(2)26(30)7-5-4-6-19-14-20-17-25(29)23(24(20)16-19)13-10-21(28)15-18-8-11-22(31-3)12-9-18/h8-14,20-21,23-25,28-29H,4-7,15-17H2,1-3H3/t20-,21+,23+,24-,25+/m0/s1. The molecule has 5 nitrogen and oxygen atoms in total. The van der Waals surface area contributed by atoms with Gasteiger partial charge in [-0.05, 0) is 61.6 Å². The zero-order valence-corrected chi connectivity index (χ0v) is 19.0. The number of benzene rings is 1. The number of allylic oxidation sites excluding steroid dienone is 2. The molecule has 0 saturated heterocycles. The topological polar surface area (TPSA) is 70.0 Å². The van der Waals surface area contributed by atoms with Gasteiger partial charge in [-0.15, -0.1) is 0 Å². The lowest BCUT2D eigenvalue weighted by molar-refractivity contribution is -0.128. The van der Waals surface area contributed by atoms with Crippen molar-refractivity contribution in [2.45, 2.75) is 57.2 Å². The molecule has 2 aliphatic carbocycles. The molecule has 1 saturated carbocycles. The zero-order chi connectivity index (χ0) is 22.4. The number of hydrogen-bond donors (Lipinski definition) is 2. The van der Waals surface area contributed by atoms with E-state index in [1.165, 1.54) is 5.57 Å². The molecule has 1 amide bonds. The van der Waals surface area contributed by atoms with Crippen molar-refractivity contribution in [1.29, 1.82) is 0 Å². The number of hydrogen-bond acceptors (Lipinski definition) is 4. The monoisotopic (exact) mass is 427 g/mol. The summed E-state index contributed by atoms with van der Waals surface area (Å²) in [6, 6.07) is 7.74. The van der Waals surface area contributed by atoms with Gasteiger partial charge in [-0.2, -0.15) is 0 Å². The van der Waals surface area contributed by atoms with Crippen molar-refractivity contribution in [2.75, 3.05) is 21.2 Å². The van der Waals surface area contributed by atoms with E-state index in [1.807, 2.05) is 36.4 Å². The Hall–Kier alpha value is -2.11. The fourth-order valence-electron chi connectivity index (χ4n) is 4.97. The second-order valence-corrected chi connectivity index (χ2v) is 9.24. The van der Waals surface area contributed by atoms with E-state index in [2.05, 4.69) is 6.08 Å². The van der Waals surface area contributed by atoms with E-state index in [4.69, 9.17) is 4.74 Å². The van der Waals surface area contributed by atoms with E-state index in [-0.39, 0.29) is 17.9 Å². The van der Waals surface area contributed by atoms with Crippen LogP contribution in [0.5, 0.6) is 5.75 Å². The number of ether oxygens (including phenoxy) is 1. The van der Waals surface area contributed by atoms with Crippen molar-refractivity contribution in [3.8, 4) is 5.75 Å². The Kier molecular flexibility index (Phi) is 8.33. The van der Waals surface area contributed by atoms with Crippen molar-refractivity contribution in [3.63, 3.8) is 0 Å². The molecule has 170 valence electrons. The Morgan fingerprint density at radius 2 is 2.00 bits per heavy atom. The van der Waals surface area contributed by atoms with E-state index < -0.39 is 6.10 Å². The molecule has 1 aromatic carbocycles. The predicted molar refractivity (Wildman–Crippen MR) is 123 cm³/mol. The molecule has 5 heteroatoms. The van der Waals surface area contributed by atoms with Crippen LogP contribution in [0.25, 0.3) is 0 Å². The highest BCUT2D eigenvalue weighted by Crippen LogP contribution is 2.48. The third kappa shape index (κ3) is 6.44. The summed E-state index contributed by atoms with van der Waals surface area (Å²) in [6.07, 6.45) is 11.3. The summed E-state index contributed by atoms with van der Waals surface area (Å²) in [5, 5.41) is 21.0. The molecule has 0 spiro atoms. The summed E-state index contributed by atoms with van der Waals surface area (Å²) >= 11 is 0. The summed E-state index contributed by atoms with van der Waals surface area (Å²) in [6.45, 7) is 0. The van der Waals surface area contributed by atoms with Crippen LogP contribution < -0.4 is 4.74 Å². The number of nitrogens with zero attached hydrogens (tertiary/aromatic N) is 1. The van der Waals surface area contributed by atoms with E-state index in [9.17, 15) is 15.0 Å². The normalized spacial score (nSPS) is 26.0. The molecule has 0 aliphatic heterocycles. The summed E-state index contributed by atoms with van der Waals surface area (Å²) < 4.78 is 5.17. The molecule has 1 aromatic rings. The Morgan fingerprint density at radius 1 is 1.26 bits per heavy atom. The molecule has 0 radical (unpaired) electrons. The van der Waals surface area contributed by atoms with Crippen LogP contribution in [0.15, 0.2) is 48.1 Å². The molecular weight excluding hydrogens is 390 g/mol. The van der Waals surface area contributed by atoms with Gasteiger partial charge in [0.2, 0.25) is 5.91 Å². The number of aliphatic hydroxyl groups is 2. The van der Waals surface area contributed by atoms with Crippen molar-refractivity contribution in [1.82, 2.24) is 4.90 Å². The molecule has 0 unspecified atom stereocenters. The molecule has 5 atom stereocenters. The Bertz CT molecular complexity index is 783. The van der Waals surface area contributed by atoms with E-state index >= 15 is 0 Å². The average molecular weight is 428 g/mol. The van der Waals surface area contributed by atoms with Crippen LogP contribution in [0.2, 0.25) is 0 Å². The van der Waals surface area contributed by atoms with E-state index in [0.717, 1.165) is 43.4 Å². The van der Waals surface area contributed by atoms with Crippen LogP contribution in [0.1, 0.15) is 44.1 Å². The molecule has 2 aliphatic rings. The highest BCUT2D eigenvalue weighted by molar-refractivity contribution is 5.75. The summed E-state index contributed by atoms with van der Waals surface area (Å²) in [4.78, 5) is 13.4. The highest BCUT2D eigenvalue weighted by atomic mass is 16.5. The Balaban J connectivity index is 1.46. The SMILES string of the molecule is COc1ccc(C[C@H](O)C=C[C@@H]2[C@H]3CC(CCCCC(=O)N(C)C)=C[C@H]3C[C@H]2O)cc1. The predicted octanol–water partition coefficient (Wildman–Crippen LogP) is 3.75. The largest absolute Gasteiger partial charge is 0.497 e. The number of unbranched alkanes of at least 4 members (excludes halogenated alkanes) is 1. The fraction of sp³-hybridized carbons (Fsp3) is 0.577. The first-order chi connectivity index (χ1) is 14.9. The fourth-order valence-corrected chi connectivity index (χ4v) is 4.97. The third-order valence-corrected chi connectivity index (χ3v) is 6.75. The maximum Gasteiger partial charge on any atom is 0.222 e. The first-order valence-corrected chi connectivity index (χ1v) is 11.4. The van der Waals surface area contributed by atoms with Gasteiger partial charge < -0.3 is 19.8 Å². The third-order valence-electron chi connectivity index (χ3n) is 6.75. The second-order valence-electron chi connectivity index (χ2n) is 9.24. The molecule has 0 aromatic heterocycles. The van der Waals surface area contributed by atoms with Crippen molar-refractivity contribution < 1.29 is 19.7 Å². The lowest BCUT2D eigenvalue weighted by atomic mass is 9.88. The number of carbonyl (C=O) groups excluding carboxylic acids is 1. The van der Waals surface area contributed by atoms with Gasteiger partial charge in [0.05, 0.1) is 19.3 Å². The zero-order valence-electron chi connectivity index (χ0n) is 19.0. The van der Waals surface area contributed by atoms with Gasteiger partial charge in [0.1, 0.15) is 5.75 Å². The number of fused-ring (bicyclic) bond motifs is 1. The van der Waals surface area contributed by atoms with Crippen molar-refractivity contribution >= 4 is 5.91 Å².